The molecule has 0 bridgehead atoms. The van der Waals surface area contributed by atoms with Crippen LogP contribution in [0.5, 0.6) is 0 Å². The minimum Gasteiger partial charge on any atom is -0.352 e. The molecule has 8 heteroatoms. The van der Waals surface area contributed by atoms with Crippen LogP contribution < -0.4 is 10.0 Å². The SMILES string of the molecule is O=C(NCCc1ccc(F)cc1)c1cccc(S(=O)(=O)Nc2cccc(Cl)c2)c1. The van der Waals surface area contributed by atoms with Gasteiger partial charge in [0, 0.05) is 17.1 Å². The lowest BCUT2D eigenvalue weighted by atomic mass is 10.1. The summed E-state index contributed by atoms with van der Waals surface area (Å²) in [5.41, 5.74) is 1.43. The number of carbonyl (C=O) groups excluding carboxylic acids is 1. The van der Waals surface area contributed by atoms with E-state index in [1.54, 1.807) is 30.3 Å². The Kier molecular flexibility index (Phi) is 6.51. The van der Waals surface area contributed by atoms with Gasteiger partial charge in [-0.25, -0.2) is 12.8 Å². The first-order chi connectivity index (χ1) is 13.8. The number of hydrogen-bond donors (Lipinski definition) is 2. The van der Waals surface area contributed by atoms with Crippen molar-refractivity contribution in [3.8, 4) is 0 Å². The number of amides is 1. The lowest BCUT2D eigenvalue weighted by Crippen LogP contribution is -2.26. The van der Waals surface area contributed by atoms with E-state index in [4.69, 9.17) is 11.6 Å². The van der Waals surface area contributed by atoms with Crippen LogP contribution in [0.1, 0.15) is 15.9 Å². The second kappa shape index (κ2) is 9.07. The van der Waals surface area contributed by atoms with Gasteiger partial charge in [0.2, 0.25) is 0 Å². The molecule has 0 saturated carbocycles. The van der Waals surface area contributed by atoms with Gasteiger partial charge in [0.05, 0.1) is 10.6 Å². The van der Waals surface area contributed by atoms with E-state index in [1.165, 1.54) is 42.5 Å². The molecule has 0 saturated heterocycles. The van der Waals surface area contributed by atoms with E-state index in [0.29, 0.717) is 23.7 Å². The highest BCUT2D eigenvalue weighted by atomic mass is 35.5. The Morgan fingerprint density at radius 3 is 2.41 bits per heavy atom. The van der Waals surface area contributed by atoms with E-state index in [-0.39, 0.29) is 16.3 Å². The minimum absolute atomic E-state index is 0.0383. The zero-order chi connectivity index (χ0) is 20.9. The molecular formula is C21H18ClFN2O3S. The largest absolute Gasteiger partial charge is 0.352 e. The predicted octanol–water partition coefficient (Wildman–Crippen LogP) is 4.25. The van der Waals surface area contributed by atoms with Gasteiger partial charge in [-0.1, -0.05) is 35.9 Å². The van der Waals surface area contributed by atoms with Crippen molar-refractivity contribution < 1.29 is 17.6 Å². The smallest absolute Gasteiger partial charge is 0.261 e. The highest BCUT2D eigenvalue weighted by Gasteiger charge is 2.16. The topological polar surface area (TPSA) is 75.3 Å². The van der Waals surface area contributed by atoms with E-state index in [2.05, 4.69) is 10.0 Å². The van der Waals surface area contributed by atoms with Crippen LogP contribution in [0.25, 0.3) is 0 Å². The standard InChI is InChI=1S/C21H18ClFN2O3S/c22-17-4-2-5-19(14-17)25-29(27,28)20-6-1-3-16(13-20)21(26)24-12-11-15-7-9-18(23)10-8-15/h1-10,13-14,25H,11-12H2,(H,24,26). The Labute approximate surface area is 173 Å². The molecule has 150 valence electrons. The van der Waals surface area contributed by atoms with E-state index >= 15 is 0 Å². The summed E-state index contributed by atoms with van der Waals surface area (Å²) in [6.45, 7) is 0.336. The maximum atomic E-state index is 12.9. The van der Waals surface area contributed by atoms with Gasteiger partial charge in [-0.2, -0.15) is 0 Å². The summed E-state index contributed by atoms with van der Waals surface area (Å²) in [4.78, 5) is 12.3. The molecule has 2 N–H and O–H groups in total. The molecule has 29 heavy (non-hydrogen) atoms. The first kappa shape index (κ1) is 20.8. The molecule has 0 aromatic heterocycles. The van der Waals surface area contributed by atoms with Gasteiger partial charge in [-0.3, -0.25) is 9.52 Å². The predicted molar refractivity (Wildman–Crippen MR) is 111 cm³/mol. The van der Waals surface area contributed by atoms with Gasteiger partial charge in [0.1, 0.15) is 5.82 Å². The Morgan fingerprint density at radius 2 is 1.69 bits per heavy atom. The average molecular weight is 433 g/mol. The normalized spacial score (nSPS) is 11.1. The van der Waals surface area contributed by atoms with Crippen molar-refractivity contribution >= 4 is 33.2 Å². The lowest BCUT2D eigenvalue weighted by Gasteiger charge is -2.10. The summed E-state index contributed by atoms with van der Waals surface area (Å²) in [6, 6.07) is 18.1. The van der Waals surface area contributed by atoms with Crippen molar-refractivity contribution in [1.82, 2.24) is 5.32 Å². The Balaban J connectivity index is 1.66. The quantitative estimate of drug-likeness (QED) is 0.586. The van der Waals surface area contributed by atoms with Crippen molar-refractivity contribution in [3.63, 3.8) is 0 Å². The van der Waals surface area contributed by atoms with Crippen LogP contribution in [-0.4, -0.2) is 20.9 Å². The van der Waals surface area contributed by atoms with Crippen molar-refractivity contribution in [2.75, 3.05) is 11.3 Å². The first-order valence-electron chi connectivity index (χ1n) is 8.74. The number of carbonyl (C=O) groups is 1. The van der Waals surface area contributed by atoms with E-state index in [1.807, 2.05) is 0 Å². The molecule has 3 rings (SSSR count). The van der Waals surface area contributed by atoms with Gasteiger partial charge in [0.25, 0.3) is 15.9 Å². The molecule has 5 nitrogen and oxygen atoms in total. The first-order valence-corrected chi connectivity index (χ1v) is 10.6. The molecule has 0 atom stereocenters. The van der Waals surface area contributed by atoms with Crippen LogP contribution in [0.2, 0.25) is 5.02 Å². The number of nitrogens with one attached hydrogen (secondary N) is 2. The maximum absolute atomic E-state index is 12.9. The average Bonchev–Trinajstić information content (AvgIpc) is 2.69. The van der Waals surface area contributed by atoms with Gasteiger partial charge < -0.3 is 5.32 Å². The van der Waals surface area contributed by atoms with Gasteiger partial charge in [-0.05, 0) is 60.5 Å². The Hall–Kier alpha value is -2.90. The van der Waals surface area contributed by atoms with Crippen LogP contribution in [-0.2, 0) is 16.4 Å². The van der Waals surface area contributed by atoms with Crippen molar-refractivity contribution in [3.05, 3.63) is 94.8 Å². The molecule has 0 aliphatic rings. The molecule has 0 unspecified atom stereocenters. The third-order valence-electron chi connectivity index (χ3n) is 4.10. The number of hydrogen-bond acceptors (Lipinski definition) is 3. The van der Waals surface area contributed by atoms with Gasteiger partial charge >= 0.3 is 0 Å². The number of halogens is 2. The summed E-state index contributed by atoms with van der Waals surface area (Å²) in [5, 5.41) is 3.13. The molecule has 0 radical (unpaired) electrons. The van der Waals surface area contributed by atoms with Crippen LogP contribution in [0, 0.1) is 5.82 Å². The van der Waals surface area contributed by atoms with Crippen LogP contribution >= 0.6 is 11.6 Å². The Morgan fingerprint density at radius 1 is 0.966 bits per heavy atom. The molecule has 3 aromatic carbocycles. The molecule has 0 aliphatic carbocycles. The Bertz CT molecular complexity index is 1120. The number of rotatable bonds is 7. The van der Waals surface area contributed by atoms with Crippen molar-refractivity contribution in [1.29, 1.82) is 0 Å². The summed E-state index contributed by atoms with van der Waals surface area (Å²) in [5.74, 6) is -0.714. The molecule has 3 aromatic rings. The maximum Gasteiger partial charge on any atom is 0.261 e. The second-order valence-electron chi connectivity index (χ2n) is 6.28. The fourth-order valence-corrected chi connectivity index (χ4v) is 3.93. The zero-order valence-corrected chi connectivity index (χ0v) is 16.8. The molecule has 1 amide bonds. The van der Waals surface area contributed by atoms with Gasteiger partial charge in [0.15, 0.2) is 0 Å². The summed E-state index contributed by atoms with van der Waals surface area (Å²) >= 11 is 5.88. The zero-order valence-electron chi connectivity index (χ0n) is 15.2. The number of anilines is 1. The highest BCUT2D eigenvalue weighted by molar-refractivity contribution is 7.92. The van der Waals surface area contributed by atoms with E-state index in [9.17, 15) is 17.6 Å². The molecule has 0 spiro atoms. The number of benzene rings is 3. The summed E-state index contributed by atoms with van der Waals surface area (Å²) in [7, 11) is -3.88. The van der Waals surface area contributed by atoms with E-state index < -0.39 is 15.9 Å². The summed E-state index contributed by atoms with van der Waals surface area (Å²) in [6.07, 6.45) is 0.528. The highest BCUT2D eigenvalue weighted by Crippen LogP contribution is 2.20. The van der Waals surface area contributed by atoms with Crippen LogP contribution in [0.4, 0.5) is 10.1 Å². The van der Waals surface area contributed by atoms with Crippen LogP contribution in [0.15, 0.2) is 77.7 Å². The van der Waals surface area contributed by atoms with Gasteiger partial charge in [-0.15, -0.1) is 0 Å². The fourth-order valence-electron chi connectivity index (χ4n) is 2.64. The number of sulfonamides is 1. The van der Waals surface area contributed by atoms with Crippen molar-refractivity contribution in [2.45, 2.75) is 11.3 Å². The van der Waals surface area contributed by atoms with E-state index in [0.717, 1.165) is 5.56 Å². The molecule has 0 aliphatic heterocycles. The third-order valence-corrected chi connectivity index (χ3v) is 5.71. The second-order valence-corrected chi connectivity index (χ2v) is 8.39. The fraction of sp³-hybridized carbons (Fsp3) is 0.0952. The third kappa shape index (κ3) is 5.79. The molecule has 0 fully saturated rings. The monoisotopic (exact) mass is 432 g/mol. The molecular weight excluding hydrogens is 415 g/mol. The van der Waals surface area contributed by atoms with Crippen molar-refractivity contribution in [2.24, 2.45) is 0 Å². The lowest BCUT2D eigenvalue weighted by molar-refractivity contribution is 0.0954. The summed E-state index contributed by atoms with van der Waals surface area (Å²) < 4.78 is 40.6. The minimum atomic E-state index is -3.88. The molecule has 0 heterocycles. The van der Waals surface area contributed by atoms with Crippen LogP contribution in [0.3, 0.4) is 0 Å².